The van der Waals surface area contributed by atoms with E-state index in [-0.39, 0.29) is 36.1 Å². The number of rotatable bonds is 6. The molecule has 4 N–H and O–H groups in total. The van der Waals surface area contributed by atoms with Crippen LogP contribution >= 0.6 is 35.6 Å². The van der Waals surface area contributed by atoms with Gasteiger partial charge in [-0.15, -0.1) is 24.0 Å². The maximum Gasteiger partial charge on any atom is 0.248 e. The lowest BCUT2D eigenvalue weighted by Crippen LogP contribution is -2.58. The van der Waals surface area contributed by atoms with E-state index in [1.807, 2.05) is 29.2 Å². The van der Waals surface area contributed by atoms with Gasteiger partial charge < -0.3 is 21.3 Å². The first kappa shape index (κ1) is 25.1. The molecule has 0 aromatic heterocycles. The Bertz CT molecular complexity index is 701. The van der Waals surface area contributed by atoms with Crippen molar-refractivity contribution >= 4 is 53.1 Å². The smallest absolute Gasteiger partial charge is 0.248 e. The number of nitrogens with zero attached hydrogens (tertiary/aromatic N) is 1. The van der Waals surface area contributed by atoms with E-state index in [2.05, 4.69) is 10.6 Å². The average Bonchev–Trinajstić information content (AvgIpc) is 2.75. The Kier molecular flexibility index (Phi) is 9.54. The number of hydrogen-bond acceptors (Lipinski definition) is 4. The summed E-state index contributed by atoms with van der Waals surface area (Å²) in [4.78, 5) is 26.9. The van der Waals surface area contributed by atoms with Crippen molar-refractivity contribution < 1.29 is 9.59 Å². The molecule has 1 saturated heterocycles. The summed E-state index contributed by atoms with van der Waals surface area (Å²) in [7, 11) is 0. The summed E-state index contributed by atoms with van der Waals surface area (Å²) in [5.74, 6) is 0.377. The third-order valence-corrected chi connectivity index (χ3v) is 6.63. The number of carbonyl (C=O) groups excluding carboxylic acids is 2. The molecule has 1 aliphatic carbocycles. The van der Waals surface area contributed by atoms with E-state index in [9.17, 15) is 9.59 Å². The van der Waals surface area contributed by atoms with Gasteiger partial charge in [-0.2, -0.15) is 0 Å². The molecule has 1 heterocycles. The zero-order valence-corrected chi connectivity index (χ0v) is 19.4. The summed E-state index contributed by atoms with van der Waals surface area (Å²) in [6, 6.07) is 7.64. The van der Waals surface area contributed by atoms with E-state index in [4.69, 9.17) is 28.9 Å². The van der Waals surface area contributed by atoms with Gasteiger partial charge >= 0.3 is 0 Å². The van der Waals surface area contributed by atoms with Gasteiger partial charge in [-0.25, -0.2) is 0 Å². The standard InChI is InChI=1S/C21H30Cl2N4O2.ClH/c22-13-19(28)25-14-15-7-11-27(12-8-15)20(29)21(9-5-17(24)6-10-21)26-18-3-1-16(23)2-4-18;/h1-4,15,17,26H,5-14,24H2,(H,25,28);1H. The van der Waals surface area contributed by atoms with E-state index in [0.717, 1.165) is 44.2 Å². The minimum Gasteiger partial charge on any atom is -0.371 e. The van der Waals surface area contributed by atoms with E-state index in [1.165, 1.54) is 0 Å². The summed E-state index contributed by atoms with van der Waals surface area (Å²) < 4.78 is 0. The quantitative estimate of drug-likeness (QED) is 0.548. The Morgan fingerprint density at radius 1 is 1.10 bits per heavy atom. The van der Waals surface area contributed by atoms with Crippen molar-refractivity contribution in [2.75, 3.05) is 30.8 Å². The minimum atomic E-state index is -0.622. The second-order valence-corrected chi connectivity index (χ2v) is 8.93. The highest BCUT2D eigenvalue weighted by atomic mass is 35.5. The Hall–Kier alpha value is -1.21. The summed E-state index contributed by atoms with van der Waals surface area (Å²) in [6.45, 7) is 2.03. The van der Waals surface area contributed by atoms with Crippen molar-refractivity contribution in [3.8, 4) is 0 Å². The molecular weight excluding hydrogens is 447 g/mol. The third kappa shape index (κ3) is 6.39. The van der Waals surface area contributed by atoms with Crippen LogP contribution in [0.1, 0.15) is 38.5 Å². The molecule has 2 fully saturated rings. The van der Waals surface area contributed by atoms with Crippen LogP contribution in [0.3, 0.4) is 0 Å². The summed E-state index contributed by atoms with van der Waals surface area (Å²) in [5, 5.41) is 7.04. The van der Waals surface area contributed by atoms with Gasteiger partial charge in [0.05, 0.1) is 0 Å². The Morgan fingerprint density at radius 2 is 1.70 bits per heavy atom. The number of halogens is 3. The normalized spacial score (nSPS) is 24.6. The van der Waals surface area contributed by atoms with Gasteiger partial charge in [0.2, 0.25) is 11.8 Å². The van der Waals surface area contributed by atoms with Gasteiger partial charge in [0.1, 0.15) is 11.4 Å². The molecular formula is C21H31Cl3N4O2. The number of alkyl halides is 1. The molecule has 168 valence electrons. The molecule has 0 unspecified atom stereocenters. The summed E-state index contributed by atoms with van der Waals surface area (Å²) in [6.07, 6.45) is 4.86. The number of likely N-dealkylation sites (tertiary alicyclic amines) is 1. The Balaban J connectivity index is 0.00000320. The van der Waals surface area contributed by atoms with Crippen LogP contribution in [-0.2, 0) is 9.59 Å². The number of carbonyl (C=O) groups is 2. The van der Waals surface area contributed by atoms with Crippen LogP contribution in [0.4, 0.5) is 5.69 Å². The fourth-order valence-electron chi connectivity index (χ4n) is 4.28. The average molecular weight is 478 g/mol. The first-order chi connectivity index (χ1) is 13.9. The largest absolute Gasteiger partial charge is 0.371 e. The van der Waals surface area contributed by atoms with Crippen molar-refractivity contribution in [3.05, 3.63) is 29.3 Å². The van der Waals surface area contributed by atoms with Crippen LogP contribution in [0.25, 0.3) is 0 Å². The predicted octanol–water partition coefficient (Wildman–Crippen LogP) is 3.41. The highest BCUT2D eigenvalue weighted by Gasteiger charge is 2.44. The monoisotopic (exact) mass is 476 g/mol. The van der Waals surface area contributed by atoms with Crippen molar-refractivity contribution in [1.82, 2.24) is 10.2 Å². The molecule has 1 saturated carbocycles. The summed E-state index contributed by atoms with van der Waals surface area (Å²) >= 11 is 11.5. The first-order valence-electron chi connectivity index (χ1n) is 10.3. The minimum absolute atomic E-state index is 0. The van der Waals surface area contributed by atoms with Crippen LogP contribution < -0.4 is 16.4 Å². The lowest BCUT2D eigenvalue weighted by atomic mass is 9.77. The van der Waals surface area contributed by atoms with Gasteiger partial charge in [-0.3, -0.25) is 9.59 Å². The number of piperidine rings is 1. The third-order valence-electron chi connectivity index (χ3n) is 6.13. The molecule has 0 spiro atoms. The lowest BCUT2D eigenvalue weighted by molar-refractivity contribution is -0.138. The van der Waals surface area contributed by atoms with Crippen molar-refractivity contribution in [3.63, 3.8) is 0 Å². The van der Waals surface area contributed by atoms with Crippen molar-refractivity contribution in [2.45, 2.75) is 50.1 Å². The molecule has 1 aliphatic heterocycles. The fraction of sp³-hybridized carbons (Fsp3) is 0.619. The predicted molar refractivity (Wildman–Crippen MR) is 125 cm³/mol. The zero-order valence-electron chi connectivity index (χ0n) is 17.0. The number of benzene rings is 1. The summed E-state index contributed by atoms with van der Waals surface area (Å²) in [5.41, 5.74) is 6.40. The van der Waals surface area contributed by atoms with E-state index in [0.29, 0.717) is 30.6 Å². The topological polar surface area (TPSA) is 87.5 Å². The van der Waals surface area contributed by atoms with Crippen molar-refractivity contribution in [2.24, 2.45) is 11.7 Å². The van der Waals surface area contributed by atoms with Gasteiger partial charge in [0, 0.05) is 36.4 Å². The van der Waals surface area contributed by atoms with E-state index >= 15 is 0 Å². The molecule has 9 heteroatoms. The zero-order chi connectivity index (χ0) is 20.9. The molecule has 6 nitrogen and oxygen atoms in total. The molecule has 1 aromatic rings. The van der Waals surface area contributed by atoms with Crippen molar-refractivity contribution in [1.29, 1.82) is 0 Å². The first-order valence-corrected chi connectivity index (χ1v) is 11.2. The van der Waals surface area contributed by atoms with Crippen LogP contribution in [0.2, 0.25) is 5.02 Å². The Labute approximate surface area is 194 Å². The van der Waals surface area contributed by atoms with Gasteiger partial charge in [-0.05, 0) is 68.7 Å². The SMILES string of the molecule is Cl.NC1CCC(Nc2ccc(Cl)cc2)(C(=O)N2CCC(CNC(=O)CCl)CC2)CC1. The maximum atomic E-state index is 13.6. The number of nitrogens with two attached hydrogens (primary N) is 1. The van der Waals surface area contributed by atoms with Gasteiger partial charge in [-0.1, -0.05) is 11.6 Å². The second-order valence-electron chi connectivity index (χ2n) is 8.22. The molecule has 0 radical (unpaired) electrons. The van der Waals surface area contributed by atoms with E-state index < -0.39 is 5.54 Å². The maximum absolute atomic E-state index is 13.6. The molecule has 2 amide bonds. The highest BCUT2D eigenvalue weighted by molar-refractivity contribution is 6.30. The van der Waals surface area contributed by atoms with Crippen LogP contribution in [-0.4, -0.2) is 53.8 Å². The van der Waals surface area contributed by atoms with Crippen LogP contribution in [0.5, 0.6) is 0 Å². The highest BCUT2D eigenvalue weighted by Crippen LogP contribution is 2.34. The number of hydrogen-bond donors (Lipinski definition) is 3. The second kappa shape index (κ2) is 11.4. The van der Waals surface area contributed by atoms with Gasteiger partial charge in [0.25, 0.3) is 0 Å². The Morgan fingerprint density at radius 3 is 2.27 bits per heavy atom. The molecule has 1 aromatic carbocycles. The molecule has 3 rings (SSSR count). The molecule has 0 atom stereocenters. The number of anilines is 1. The molecule has 30 heavy (non-hydrogen) atoms. The fourth-order valence-corrected chi connectivity index (χ4v) is 4.50. The van der Waals surface area contributed by atoms with E-state index in [1.54, 1.807) is 0 Å². The van der Waals surface area contributed by atoms with Crippen LogP contribution in [0, 0.1) is 5.92 Å². The lowest BCUT2D eigenvalue weighted by Gasteiger charge is -2.44. The van der Waals surface area contributed by atoms with Crippen LogP contribution in [0.15, 0.2) is 24.3 Å². The van der Waals surface area contributed by atoms with Gasteiger partial charge in [0.15, 0.2) is 0 Å². The molecule has 2 aliphatic rings. The number of amides is 2. The molecule has 0 bridgehead atoms. The number of nitrogens with one attached hydrogen (secondary N) is 2.